The Balaban J connectivity index is 2.91. The molecule has 0 N–H and O–H groups in total. The molecule has 0 amide bonds. The standard InChI is InChI=1S/C10H18O3/c1-10(12)7-5-3-2-4-6-8-13-9-11/h9H,2-8H2,1H3. The van der Waals surface area contributed by atoms with E-state index in [1.165, 1.54) is 0 Å². The zero-order chi connectivity index (χ0) is 9.94. The molecule has 0 aliphatic carbocycles. The highest BCUT2D eigenvalue weighted by Crippen LogP contribution is 2.05. The van der Waals surface area contributed by atoms with Crippen LogP contribution in [0, 0.1) is 0 Å². The van der Waals surface area contributed by atoms with E-state index in [9.17, 15) is 9.59 Å². The molecule has 0 unspecified atom stereocenters. The van der Waals surface area contributed by atoms with Gasteiger partial charge in [-0.05, 0) is 19.8 Å². The number of unbranched alkanes of at least 4 members (excludes halogenated alkanes) is 4. The number of hydrogen-bond acceptors (Lipinski definition) is 3. The highest BCUT2D eigenvalue weighted by Gasteiger charge is 1.94. The summed E-state index contributed by atoms with van der Waals surface area (Å²) in [4.78, 5) is 20.3. The number of ketones is 1. The van der Waals surface area contributed by atoms with Gasteiger partial charge in [-0.3, -0.25) is 4.79 Å². The maximum Gasteiger partial charge on any atom is 0.293 e. The molecule has 0 radical (unpaired) electrons. The van der Waals surface area contributed by atoms with Crippen molar-refractivity contribution >= 4 is 12.3 Å². The van der Waals surface area contributed by atoms with Gasteiger partial charge in [0.2, 0.25) is 0 Å². The third-order valence-corrected chi connectivity index (χ3v) is 1.86. The molecular weight excluding hydrogens is 168 g/mol. The number of hydrogen-bond donors (Lipinski definition) is 0. The van der Waals surface area contributed by atoms with Gasteiger partial charge in [0.15, 0.2) is 0 Å². The SMILES string of the molecule is CC(=O)CCCCCCCOC=O. The molecule has 76 valence electrons. The Hall–Kier alpha value is -0.860. The van der Waals surface area contributed by atoms with E-state index in [2.05, 4.69) is 4.74 Å². The fourth-order valence-electron chi connectivity index (χ4n) is 1.14. The van der Waals surface area contributed by atoms with E-state index in [1.807, 2.05) is 0 Å². The summed E-state index contributed by atoms with van der Waals surface area (Å²) in [6.07, 6.45) is 5.91. The van der Waals surface area contributed by atoms with Crippen molar-refractivity contribution in [3.63, 3.8) is 0 Å². The van der Waals surface area contributed by atoms with E-state index in [-0.39, 0.29) is 5.78 Å². The van der Waals surface area contributed by atoms with Crippen LogP contribution >= 0.6 is 0 Å². The molecule has 0 saturated carbocycles. The normalized spacial score (nSPS) is 9.62. The van der Waals surface area contributed by atoms with Gasteiger partial charge >= 0.3 is 0 Å². The average molecular weight is 186 g/mol. The van der Waals surface area contributed by atoms with Crippen LogP contribution in [0.1, 0.15) is 45.4 Å². The van der Waals surface area contributed by atoms with Crippen LogP contribution < -0.4 is 0 Å². The van der Waals surface area contributed by atoms with Crippen LogP contribution in [-0.4, -0.2) is 18.9 Å². The van der Waals surface area contributed by atoms with Gasteiger partial charge in [0.1, 0.15) is 5.78 Å². The van der Waals surface area contributed by atoms with Gasteiger partial charge in [-0.25, -0.2) is 0 Å². The molecular formula is C10H18O3. The second kappa shape index (κ2) is 9.23. The number of Topliss-reactive ketones (excluding diaryl/α,β-unsaturated/α-hetero) is 1. The predicted molar refractivity (Wildman–Crippen MR) is 50.4 cm³/mol. The smallest absolute Gasteiger partial charge is 0.293 e. The molecule has 0 aliphatic rings. The molecule has 13 heavy (non-hydrogen) atoms. The van der Waals surface area contributed by atoms with E-state index in [0.717, 1.165) is 32.1 Å². The maximum absolute atomic E-state index is 10.6. The molecule has 3 heteroatoms. The minimum atomic E-state index is 0.268. The van der Waals surface area contributed by atoms with Crippen molar-refractivity contribution in [1.29, 1.82) is 0 Å². The van der Waals surface area contributed by atoms with Crippen molar-refractivity contribution in [2.24, 2.45) is 0 Å². The van der Waals surface area contributed by atoms with E-state index in [0.29, 0.717) is 19.5 Å². The fraction of sp³-hybridized carbons (Fsp3) is 0.800. The summed E-state index contributed by atoms with van der Waals surface area (Å²) in [6.45, 7) is 2.63. The first kappa shape index (κ1) is 12.1. The Bertz CT molecular complexity index is 143. The highest BCUT2D eigenvalue weighted by molar-refractivity contribution is 5.75. The van der Waals surface area contributed by atoms with Crippen molar-refractivity contribution < 1.29 is 14.3 Å². The van der Waals surface area contributed by atoms with E-state index in [4.69, 9.17) is 0 Å². The van der Waals surface area contributed by atoms with Crippen LogP contribution in [0.15, 0.2) is 0 Å². The second-order valence-electron chi connectivity index (χ2n) is 3.19. The molecule has 0 bridgehead atoms. The lowest BCUT2D eigenvalue weighted by atomic mass is 10.1. The van der Waals surface area contributed by atoms with Gasteiger partial charge < -0.3 is 9.53 Å². The van der Waals surface area contributed by atoms with E-state index < -0.39 is 0 Å². The van der Waals surface area contributed by atoms with Crippen molar-refractivity contribution in [3.8, 4) is 0 Å². The quantitative estimate of drug-likeness (QED) is 0.409. The van der Waals surface area contributed by atoms with Crippen molar-refractivity contribution in [3.05, 3.63) is 0 Å². The number of carbonyl (C=O) groups excluding carboxylic acids is 2. The third-order valence-electron chi connectivity index (χ3n) is 1.86. The summed E-state index contributed by atoms with van der Waals surface area (Å²) in [5.74, 6) is 0.268. The van der Waals surface area contributed by atoms with Crippen molar-refractivity contribution in [2.45, 2.75) is 45.4 Å². The minimum Gasteiger partial charge on any atom is -0.468 e. The van der Waals surface area contributed by atoms with Crippen LogP contribution in [0.25, 0.3) is 0 Å². The summed E-state index contributed by atoms with van der Waals surface area (Å²) >= 11 is 0. The van der Waals surface area contributed by atoms with Gasteiger partial charge in [0, 0.05) is 6.42 Å². The molecule has 0 aliphatic heterocycles. The lowest BCUT2D eigenvalue weighted by molar-refractivity contribution is -0.128. The molecule has 0 heterocycles. The average Bonchev–Trinajstić information content (AvgIpc) is 2.09. The molecule has 0 saturated heterocycles. The Morgan fingerprint density at radius 1 is 1.15 bits per heavy atom. The highest BCUT2D eigenvalue weighted by atomic mass is 16.5. The molecule has 0 aromatic rings. The largest absolute Gasteiger partial charge is 0.468 e. The second-order valence-corrected chi connectivity index (χ2v) is 3.19. The summed E-state index contributed by atoms with van der Waals surface area (Å²) in [5, 5.41) is 0. The maximum atomic E-state index is 10.6. The van der Waals surface area contributed by atoms with Crippen LogP contribution in [0.2, 0.25) is 0 Å². The molecule has 0 rings (SSSR count). The fourth-order valence-corrected chi connectivity index (χ4v) is 1.14. The summed E-state index contributed by atoms with van der Waals surface area (Å²) in [7, 11) is 0. The summed E-state index contributed by atoms with van der Waals surface area (Å²) < 4.78 is 4.54. The van der Waals surface area contributed by atoms with Crippen LogP contribution in [0.4, 0.5) is 0 Å². The van der Waals surface area contributed by atoms with E-state index in [1.54, 1.807) is 6.92 Å². The Morgan fingerprint density at radius 2 is 1.77 bits per heavy atom. The van der Waals surface area contributed by atoms with Gasteiger partial charge in [0.25, 0.3) is 6.47 Å². The van der Waals surface area contributed by atoms with Crippen LogP contribution in [0.3, 0.4) is 0 Å². The molecule has 0 fully saturated rings. The molecule has 0 spiro atoms. The number of ether oxygens (including phenoxy) is 1. The zero-order valence-corrected chi connectivity index (χ0v) is 8.25. The first-order valence-electron chi connectivity index (χ1n) is 4.82. The molecule has 0 aromatic heterocycles. The Labute approximate surface area is 79.5 Å². The number of carbonyl (C=O) groups is 2. The monoisotopic (exact) mass is 186 g/mol. The van der Waals surface area contributed by atoms with Gasteiger partial charge in [0.05, 0.1) is 6.61 Å². The Kier molecular flexibility index (Phi) is 8.62. The van der Waals surface area contributed by atoms with Gasteiger partial charge in [-0.2, -0.15) is 0 Å². The summed E-state index contributed by atoms with van der Waals surface area (Å²) in [5.41, 5.74) is 0. The first-order valence-corrected chi connectivity index (χ1v) is 4.82. The minimum absolute atomic E-state index is 0.268. The van der Waals surface area contributed by atoms with Crippen molar-refractivity contribution in [1.82, 2.24) is 0 Å². The predicted octanol–water partition coefficient (Wildman–Crippen LogP) is 2.09. The number of rotatable bonds is 9. The third kappa shape index (κ3) is 11.1. The van der Waals surface area contributed by atoms with Crippen molar-refractivity contribution in [2.75, 3.05) is 6.61 Å². The topological polar surface area (TPSA) is 43.4 Å². The van der Waals surface area contributed by atoms with Gasteiger partial charge in [-0.15, -0.1) is 0 Å². The van der Waals surface area contributed by atoms with Gasteiger partial charge in [-0.1, -0.05) is 19.3 Å². The van der Waals surface area contributed by atoms with Crippen LogP contribution in [0.5, 0.6) is 0 Å². The first-order chi connectivity index (χ1) is 6.27. The molecule has 0 atom stereocenters. The lowest BCUT2D eigenvalue weighted by Gasteiger charge is -1.99. The summed E-state index contributed by atoms with van der Waals surface area (Å²) in [6, 6.07) is 0. The van der Waals surface area contributed by atoms with Crippen LogP contribution in [-0.2, 0) is 14.3 Å². The lowest BCUT2D eigenvalue weighted by Crippen LogP contribution is -1.92. The van der Waals surface area contributed by atoms with E-state index >= 15 is 0 Å². The zero-order valence-electron chi connectivity index (χ0n) is 8.25. The Morgan fingerprint density at radius 3 is 2.38 bits per heavy atom. The molecule has 3 nitrogen and oxygen atoms in total. The molecule has 0 aromatic carbocycles.